The molecule has 0 saturated carbocycles. The van der Waals surface area contributed by atoms with Gasteiger partial charge >= 0.3 is 0 Å². The normalized spacial score (nSPS) is 18.3. The number of hydrogen-bond donors (Lipinski definition) is 2. The number of unbranched alkanes of at least 4 members (excludes halogenated alkanes) is 5. The molecular formula is C21H38N4O. The van der Waals surface area contributed by atoms with E-state index in [-0.39, 0.29) is 12.6 Å². The lowest BCUT2D eigenvalue weighted by atomic mass is 9.96. The largest absolute Gasteiger partial charge is 0.395 e. The summed E-state index contributed by atoms with van der Waals surface area (Å²) in [5.41, 5.74) is 1.07. The van der Waals surface area contributed by atoms with Crippen molar-refractivity contribution in [2.45, 2.75) is 84.1 Å². The Morgan fingerprint density at radius 3 is 2.62 bits per heavy atom. The molecule has 2 atom stereocenters. The fourth-order valence-electron chi connectivity index (χ4n) is 3.82. The Hall–Kier alpha value is -1.36. The first-order chi connectivity index (χ1) is 12.7. The van der Waals surface area contributed by atoms with E-state index in [4.69, 9.17) is 4.99 Å². The van der Waals surface area contributed by atoms with Gasteiger partial charge in [-0.15, -0.1) is 0 Å². The molecule has 0 fully saturated rings. The van der Waals surface area contributed by atoms with E-state index in [1.54, 1.807) is 6.20 Å². The lowest BCUT2D eigenvalue weighted by Crippen LogP contribution is -2.31. The van der Waals surface area contributed by atoms with E-state index >= 15 is 0 Å². The summed E-state index contributed by atoms with van der Waals surface area (Å²) in [5.74, 6) is 2.03. The first kappa shape index (κ1) is 20.9. The molecule has 5 nitrogen and oxygen atoms in total. The van der Waals surface area contributed by atoms with Crippen LogP contribution >= 0.6 is 0 Å². The monoisotopic (exact) mass is 362 g/mol. The third-order valence-corrected chi connectivity index (χ3v) is 5.46. The fourth-order valence-corrected chi connectivity index (χ4v) is 3.82. The van der Waals surface area contributed by atoms with Gasteiger partial charge in [0.15, 0.2) is 0 Å². The first-order valence-electron chi connectivity index (χ1n) is 10.7. The zero-order chi connectivity index (χ0) is 18.6. The number of nitrogens with zero attached hydrogens (tertiary/aromatic N) is 3. The Labute approximate surface area is 159 Å². The van der Waals surface area contributed by atoms with E-state index in [1.807, 2.05) is 6.07 Å². The minimum atomic E-state index is 0.141. The highest BCUT2D eigenvalue weighted by molar-refractivity contribution is 5.84. The molecular weight excluding hydrogens is 324 g/mol. The number of amidine groups is 1. The van der Waals surface area contributed by atoms with Crippen LogP contribution in [0.3, 0.4) is 0 Å². The molecule has 0 saturated heterocycles. The Morgan fingerprint density at radius 1 is 1.19 bits per heavy atom. The zero-order valence-corrected chi connectivity index (χ0v) is 16.8. The van der Waals surface area contributed by atoms with Crippen LogP contribution in [0, 0.1) is 5.92 Å². The minimum Gasteiger partial charge on any atom is -0.395 e. The second-order valence-corrected chi connectivity index (χ2v) is 7.80. The van der Waals surface area contributed by atoms with Crippen molar-refractivity contribution >= 4 is 5.84 Å². The highest BCUT2D eigenvalue weighted by Gasteiger charge is 2.26. The standard InChI is InChI=1S/C21H38N4O/c1-3-4-5-7-10-18(2)11-8-6-9-12-21-23-20(17-25(21)15-16-26)19-13-14-22-24-19/h13-14,18,20,26H,3-12,15-17H2,1-2H3,(H,22,24). The number of aliphatic imine (C=N–C) groups is 1. The average molecular weight is 363 g/mol. The Bertz CT molecular complexity index is 500. The molecule has 2 unspecified atom stereocenters. The molecule has 1 aliphatic rings. The fraction of sp³-hybridized carbons (Fsp3) is 0.810. The molecule has 26 heavy (non-hydrogen) atoms. The second kappa shape index (κ2) is 12.1. The molecule has 2 rings (SSSR count). The van der Waals surface area contributed by atoms with Gasteiger partial charge in [-0.1, -0.05) is 65.2 Å². The van der Waals surface area contributed by atoms with Gasteiger partial charge in [0.1, 0.15) is 6.04 Å². The lowest BCUT2D eigenvalue weighted by Gasteiger charge is -2.19. The number of aromatic amines is 1. The van der Waals surface area contributed by atoms with Crippen molar-refractivity contribution in [1.29, 1.82) is 0 Å². The van der Waals surface area contributed by atoms with Crippen molar-refractivity contribution in [2.24, 2.45) is 10.9 Å². The predicted octanol–water partition coefficient (Wildman–Crippen LogP) is 4.71. The molecule has 0 aliphatic carbocycles. The molecule has 0 bridgehead atoms. The van der Waals surface area contributed by atoms with Crippen LogP contribution in [-0.2, 0) is 0 Å². The van der Waals surface area contributed by atoms with Crippen LogP contribution in [0.4, 0.5) is 0 Å². The van der Waals surface area contributed by atoms with Crippen LogP contribution in [0.25, 0.3) is 0 Å². The smallest absolute Gasteiger partial charge is 0.111 e. The highest BCUT2D eigenvalue weighted by atomic mass is 16.3. The quantitative estimate of drug-likeness (QED) is 0.471. The summed E-state index contributed by atoms with van der Waals surface area (Å²) in [5, 5.41) is 16.4. The number of hydrogen-bond acceptors (Lipinski definition) is 4. The van der Waals surface area contributed by atoms with Crippen molar-refractivity contribution < 1.29 is 5.11 Å². The van der Waals surface area contributed by atoms with Gasteiger partial charge in [-0.05, 0) is 18.4 Å². The topological polar surface area (TPSA) is 64.5 Å². The summed E-state index contributed by atoms with van der Waals surface area (Å²) < 4.78 is 0. The number of H-pyrrole nitrogens is 1. The highest BCUT2D eigenvalue weighted by Crippen LogP contribution is 2.25. The van der Waals surface area contributed by atoms with Crippen LogP contribution < -0.4 is 0 Å². The van der Waals surface area contributed by atoms with Crippen molar-refractivity contribution in [3.8, 4) is 0 Å². The molecule has 1 aromatic heterocycles. The van der Waals surface area contributed by atoms with Gasteiger partial charge in [0.25, 0.3) is 0 Å². The third-order valence-electron chi connectivity index (χ3n) is 5.46. The summed E-state index contributed by atoms with van der Waals surface area (Å²) >= 11 is 0. The number of aliphatic hydroxyl groups is 1. The summed E-state index contributed by atoms with van der Waals surface area (Å²) in [4.78, 5) is 7.12. The van der Waals surface area contributed by atoms with Crippen LogP contribution in [0.1, 0.15) is 89.8 Å². The van der Waals surface area contributed by atoms with Gasteiger partial charge in [0.05, 0.1) is 18.1 Å². The number of nitrogens with one attached hydrogen (secondary N) is 1. The molecule has 148 valence electrons. The van der Waals surface area contributed by atoms with Gasteiger partial charge in [-0.3, -0.25) is 10.1 Å². The molecule has 2 heterocycles. The second-order valence-electron chi connectivity index (χ2n) is 7.80. The zero-order valence-electron chi connectivity index (χ0n) is 16.8. The van der Waals surface area contributed by atoms with Crippen LogP contribution in [0.5, 0.6) is 0 Å². The Kier molecular flexibility index (Phi) is 9.75. The van der Waals surface area contributed by atoms with E-state index in [1.165, 1.54) is 57.8 Å². The van der Waals surface area contributed by atoms with Gasteiger partial charge in [0.2, 0.25) is 0 Å². The van der Waals surface area contributed by atoms with Gasteiger partial charge in [-0.2, -0.15) is 5.10 Å². The van der Waals surface area contributed by atoms with E-state index in [0.717, 1.165) is 30.4 Å². The molecule has 1 aromatic rings. The minimum absolute atomic E-state index is 0.141. The molecule has 0 amide bonds. The maximum absolute atomic E-state index is 9.32. The van der Waals surface area contributed by atoms with Crippen molar-refractivity contribution in [1.82, 2.24) is 15.1 Å². The van der Waals surface area contributed by atoms with E-state index in [2.05, 4.69) is 28.9 Å². The number of aromatic nitrogens is 2. The SMILES string of the molecule is CCCCCCC(C)CCCCCC1=NC(c2ccn[nH]2)CN1CCO. The lowest BCUT2D eigenvalue weighted by molar-refractivity contribution is 0.250. The van der Waals surface area contributed by atoms with E-state index < -0.39 is 0 Å². The number of β-amino-alcohol motifs (C(OH)–C–C–N with tert-alkyl or cyclic N) is 1. The summed E-state index contributed by atoms with van der Waals surface area (Å²) in [6.07, 6.45) is 14.9. The molecule has 1 aliphatic heterocycles. The molecule has 0 radical (unpaired) electrons. The molecule has 2 N–H and O–H groups in total. The summed E-state index contributed by atoms with van der Waals surface area (Å²) in [7, 11) is 0. The van der Waals surface area contributed by atoms with Crippen molar-refractivity contribution in [2.75, 3.05) is 19.7 Å². The molecule has 0 aromatic carbocycles. The van der Waals surface area contributed by atoms with Crippen LogP contribution in [0.2, 0.25) is 0 Å². The van der Waals surface area contributed by atoms with Crippen LogP contribution in [-0.4, -0.2) is 45.7 Å². The van der Waals surface area contributed by atoms with Gasteiger partial charge in [-0.25, -0.2) is 0 Å². The average Bonchev–Trinajstić information content (AvgIpc) is 3.29. The Morgan fingerprint density at radius 2 is 1.96 bits per heavy atom. The maximum atomic E-state index is 9.32. The van der Waals surface area contributed by atoms with E-state index in [9.17, 15) is 5.11 Å². The van der Waals surface area contributed by atoms with Gasteiger partial charge < -0.3 is 10.0 Å². The Balaban J connectivity index is 1.64. The summed E-state index contributed by atoms with van der Waals surface area (Å²) in [6.45, 7) is 6.40. The number of aliphatic hydroxyl groups excluding tert-OH is 1. The summed E-state index contributed by atoms with van der Waals surface area (Å²) in [6, 6.07) is 2.14. The van der Waals surface area contributed by atoms with Crippen LogP contribution in [0.15, 0.2) is 17.3 Å². The van der Waals surface area contributed by atoms with Crippen molar-refractivity contribution in [3.63, 3.8) is 0 Å². The van der Waals surface area contributed by atoms with Crippen molar-refractivity contribution in [3.05, 3.63) is 18.0 Å². The predicted molar refractivity (Wildman–Crippen MR) is 108 cm³/mol. The first-order valence-corrected chi connectivity index (χ1v) is 10.7. The van der Waals surface area contributed by atoms with E-state index in [0.29, 0.717) is 6.54 Å². The maximum Gasteiger partial charge on any atom is 0.111 e. The van der Waals surface area contributed by atoms with Gasteiger partial charge in [0, 0.05) is 25.7 Å². The third kappa shape index (κ3) is 7.10. The molecule has 0 spiro atoms. The molecule has 5 heteroatoms. The number of rotatable bonds is 14.